The van der Waals surface area contributed by atoms with E-state index in [0.717, 1.165) is 0 Å². The number of aliphatic carboxylic acids is 1. The lowest BCUT2D eigenvalue weighted by molar-refractivity contribution is -0.143. The van der Waals surface area contributed by atoms with Gasteiger partial charge < -0.3 is 16.2 Å². The molecule has 0 aromatic carbocycles. The van der Waals surface area contributed by atoms with Crippen molar-refractivity contribution in [3.05, 3.63) is 11.1 Å². The number of amides is 1. The molecule has 2 rings (SSSR count). The molecule has 86 valence electrons. The maximum absolute atomic E-state index is 11.5. The van der Waals surface area contributed by atoms with E-state index in [4.69, 9.17) is 10.8 Å². The molecule has 1 aliphatic carbocycles. The maximum Gasteiger partial charge on any atom is 0.311 e. The summed E-state index contributed by atoms with van der Waals surface area (Å²) in [6.07, 6.45) is 1.23. The number of hydrogen-bond acceptors (Lipinski definition) is 5. The standard InChI is InChI=1S/C9H11N3O3S/c10-8-12-5(3-16-8)6(13)11-4-9(1-2-9)7(14)15/h3H,1-2,4H2,(H2,10,12)(H,11,13)(H,14,15). The average Bonchev–Trinajstić information content (AvgIpc) is 2.92. The summed E-state index contributed by atoms with van der Waals surface area (Å²) >= 11 is 1.18. The molecule has 16 heavy (non-hydrogen) atoms. The molecular formula is C9H11N3O3S. The number of anilines is 1. The minimum absolute atomic E-state index is 0.151. The number of nitrogens with two attached hydrogens (primary N) is 1. The van der Waals surface area contributed by atoms with Crippen molar-refractivity contribution in [3.63, 3.8) is 0 Å². The van der Waals surface area contributed by atoms with E-state index >= 15 is 0 Å². The first-order chi connectivity index (χ1) is 7.53. The molecule has 0 bridgehead atoms. The Morgan fingerprint density at radius 3 is 2.75 bits per heavy atom. The molecular weight excluding hydrogens is 230 g/mol. The largest absolute Gasteiger partial charge is 0.481 e. The van der Waals surface area contributed by atoms with Crippen molar-refractivity contribution in [2.75, 3.05) is 12.3 Å². The predicted molar refractivity (Wildman–Crippen MR) is 58.2 cm³/mol. The van der Waals surface area contributed by atoms with Gasteiger partial charge in [-0.2, -0.15) is 0 Å². The number of carboxylic acids is 1. The molecule has 0 radical (unpaired) electrons. The first-order valence-corrected chi connectivity index (χ1v) is 5.64. The summed E-state index contributed by atoms with van der Waals surface area (Å²) < 4.78 is 0. The lowest BCUT2D eigenvalue weighted by atomic mass is 10.1. The van der Waals surface area contributed by atoms with Crippen molar-refractivity contribution >= 4 is 28.3 Å². The van der Waals surface area contributed by atoms with Gasteiger partial charge in [-0.05, 0) is 12.8 Å². The van der Waals surface area contributed by atoms with E-state index in [1.54, 1.807) is 5.38 Å². The fourth-order valence-corrected chi connectivity index (χ4v) is 1.89. The van der Waals surface area contributed by atoms with Crippen LogP contribution in [0.25, 0.3) is 0 Å². The van der Waals surface area contributed by atoms with Gasteiger partial charge in [-0.15, -0.1) is 11.3 Å². The van der Waals surface area contributed by atoms with Crippen LogP contribution >= 0.6 is 11.3 Å². The Kier molecular flexibility index (Phi) is 2.55. The zero-order valence-electron chi connectivity index (χ0n) is 8.40. The van der Waals surface area contributed by atoms with Crippen LogP contribution in [0.2, 0.25) is 0 Å². The topological polar surface area (TPSA) is 105 Å². The van der Waals surface area contributed by atoms with Crippen molar-refractivity contribution in [1.29, 1.82) is 0 Å². The predicted octanol–water partition coefficient (Wildman–Crippen LogP) is 0.320. The van der Waals surface area contributed by atoms with Crippen LogP contribution in [-0.2, 0) is 4.79 Å². The van der Waals surface area contributed by atoms with Gasteiger partial charge in [0.1, 0.15) is 5.69 Å². The molecule has 4 N–H and O–H groups in total. The molecule has 0 spiro atoms. The monoisotopic (exact) mass is 241 g/mol. The third-order valence-corrected chi connectivity index (χ3v) is 3.32. The summed E-state index contributed by atoms with van der Waals surface area (Å²) in [5.41, 5.74) is 4.88. The molecule has 1 fully saturated rings. The summed E-state index contributed by atoms with van der Waals surface area (Å²) in [6, 6.07) is 0. The second-order valence-corrected chi connectivity index (χ2v) is 4.73. The van der Waals surface area contributed by atoms with E-state index in [-0.39, 0.29) is 18.1 Å². The molecule has 1 aromatic heterocycles. The number of nitrogens with zero attached hydrogens (tertiary/aromatic N) is 1. The van der Waals surface area contributed by atoms with E-state index in [0.29, 0.717) is 18.0 Å². The van der Waals surface area contributed by atoms with Crippen LogP contribution in [-0.4, -0.2) is 28.5 Å². The number of aromatic nitrogens is 1. The molecule has 1 heterocycles. The highest BCUT2D eigenvalue weighted by atomic mass is 32.1. The second-order valence-electron chi connectivity index (χ2n) is 3.84. The number of carbonyl (C=O) groups is 2. The van der Waals surface area contributed by atoms with Crippen molar-refractivity contribution in [3.8, 4) is 0 Å². The molecule has 1 saturated carbocycles. The highest BCUT2D eigenvalue weighted by Crippen LogP contribution is 2.45. The Labute approximate surface area is 95.5 Å². The van der Waals surface area contributed by atoms with Crippen molar-refractivity contribution in [2.45, 2.75) is 12.8 Å². The number of carboxylic acid groups (broad SMARTS) is 1. The molecule has 1 aromatic rings. The van der Waals surface area contributed by atoms with E-state index in [9.17, 15) is 9.59 Å². The lowest BCUT2D eigenvalue weighted by Crippen LogP contribution is -2.34. The Bertz CT molecular complexity index is 439. The SMILES string of the molecule is Nc1nc(C(=O)NCC2(C(=O)O)CC2)cs1. The molecule has 0 aliphatic heterocycles. The van der Waals surface area contributed by atoms with Crippen LogP contribution in [0.15, 0.2) is 5.38 Å². The van der Waals surface area contributed by atoms with Crippen LogP contribution < -0.4 is 11.1 Å². The summed E-state index contributed by atoms with van der Waals surface area (Å²) in [5, 5.41) is 13.3. The smallest absolute Gasteiger partial charge is 0.311 e. The molecule has 0 atom stereocenters. The van der Waals surface area contributed by atoms with Crippen LogP contribution in [0.4, 0.5) is 5.13 Å². The maximum atomic E-state index is 11.5. The van der Waals surface area contributed by atoms with E-state index in [1.165, 1.54) is 11.3 Å². The highest BCUT2D eigenvalue weighted by molar-refractivity contribution is 7.13. The number of thiazole rings is 1. The zero-order chi connectivity index (χ0) is 11.8. The highest BCUT2D eigenvalue weighted by Gasteiger charge is 2.50. The number of hydrogen-bond donors (Lipinski definition) is 3. The van der Waals surface area contributed by atoms with E-state index in [1.807, 2.05) is 0 Å². The van der Waals surface area contributed by atoms with Crippen LogP contribution in [0.1, 0.15) is 23.3 Å². The molecule has 1 aliphatic rings. The molecule has 6 nitrogen and oxygen atoms in total. The van der Waals surface area contributed by atoms with Gasteiger partial charge in [0.15, 0.2) is 5.13 Å². The Hall–Kier alpha value is -1.63. The van der Waals surface area contributed by atoms with Gasteiger partial charge in [0.25, 0.3) is 5.91 Å². The fourth-order valence-electron chi connectivity index (χ4n) is 1.35. The van der Waals surface area contributed by atoms with Gasteiger partial charge >= 0.3 is 5.97 Å². The van der Waals surface area contributed by atoms with Gasteiger partial charge in [-0.1, -0.05) is 0 Å². The summed E-state index contributed by atoms with van der Waals surface area (Å²) in [5.74, 6) is -1.23. The second kappa shape index (κ2) is 3.75. The van der Waals surface area contributed by atoms with Gasteiger partial charge in [-0.25, -0.2) is 4.98 Å². The molecule has 7 heteroatoms. The first-order valence-electron chi connectivity index (χ1n) is 4.76. The Morgan fingerprint density at radius 1 is 1.62 bits per heavy atom. The van der Waals surface area contributed by atoms with Gasteiger partial charge in [0.05, 0.1) is 5.41 Å². The number of nitrogen functional groups attached to an aromatic ring is 1. The number of nitrogens with one attached hydrogen (secondary N) is 1. The van der Waals surface area contributed by atoms with Gasteiger partial charge in [-0.3, -0.25) is 9.59 Å². The third-order valence-electron chi connectivity index (χ3n) is 2.65. The van der Waals surface area contributed by atoms with Crippen LogP contribution in [0, 0.1) is 5.41 Å². The fraction of sp³-hybridized carbons (Fsp3) is 0.444. The Morgan fingerprint density at radius 2 is 2.31 bits per heavy atom. The van der Waals surface area contributed by atoms with Gasteiger partial charge in [0.2, 0.25) is 0 Å². The van der Waals surface area contributed by atoms with E-state index < -0.39 is 11.4 Å². The summed E-state index contributed by atoms with van der Waals surface area (Å²) in [4.78, 5) is 26.2. The number of carbonyl (C=O) groups excluding carboxylic acids is 1. The van der Waals surface area contributed by atoms with E-state index in [2.05, 4.69) is 10.3 Å². The Balaban J connectivity index is 1.92. The van der Waals surface area contributed by atoms with Crippen molar-refractivity contribution < 1.29 is 14.7 Å². The molecule has 1 amide bonds. The third kappa shape index (κ3) is 1.99. The van der Waals surface area contributed by atoms with Crippen molar-refractivity contribution in [2.24, 2.45) is 5.41 Å². The minimum atomic E-state index is -0.856. The normalized spacial score (nSPS) is 16.8. The minimum Gasteiger partial charge on any atom is -0.481 e. The lowest BCUT2D eigenvalue weighted by Gasteiger charge is -2.09. The first kappa shape index (κ1) is 10.9. The van der Waals surface area contributed by atoms with Crippen LogP contribution in [0.3, 0.4) is 0 Å². The summed E-state index contributed by atoms with van der Waals surface area (Å²) in [7, 11) is 0. The zero-order valence-corrected chi connectivity index (χ0v) is 9.21. The average molecular weight is 241 g/mol. The molecule has 0 saturated heterocycles. The van der Waals surface area contributed by atoms with Crippen LogP contribution in [0.5, 0.6) is 0 Å². The van der Waals surface area contributed by atoms with Crippen molar-refractivity contribution in [1.82, 2.24) is 10.3 Å². The van der Waals surface area contributed by atoms with Gasteiger partial charge in [0, 0.05) is 11.9 Å². The molecule has 0 unspecified atom stereocenters. The summed E-state index contributed by atoms with van der Waals surface area (Å²) in [6.45, 7) is 0.151. The number of rotatable bonds is 4. The quantitative estimate of drug-likeness (QED) is 0.704.